The topological polar surface area (TPSA) is 103 Å². The number of benzene rings is 2. The van der Waals surface area contributed by atoms with Crippen LogP contribution in [0.2, 0.25) is 0 Å². The highest BCUT2D eigenvalue weighted by molar-refractivity contribution is 6.05. The number of rotatable bonds is 5. The molecule has 0 aliphatic rings. The molecule has 1 amide bonds. The highest BCUT2D eigenvalue weighted by Crippen LogP contribution is 2.38. The molecule has 36 heavy (non-hydrogen) atoms. The number of carbonyl (C=O) groups is 1. The Balaban J connectivity index is 1.45. The summed E-state index contributed by atoms with van der Waals surface area (Å²) in [6, 6.07) is 13.8. The van der Waals surface area contributed by atoms with Gasteiger partial charge in [-0.1, -0.05) is 30.3 Å². The fraction of sp³-hybridized carbons (Fsp3) is 0.0833. The van der Waals surface area contributed by atoms with E-state index in [-0.39, 0.29) is 22.6 Å². The van der Waals surface area contributed by atoms with E-state index in [9.17, 15) is 22.4 Å². The zero-order chi connectivity index (χ0) is 25.4. The second-order valence-electron chi connectivity index (χ2n) is 7.91. The lowest BCUT2D eigenvalue weighted by molar-refractivity contribution is -0.136. The van der Waals surface area contributed by atoms with E-state index in [0.29, 0.717) is 12.2 Å². The van der Waals surface area contributed by atoms with Crippen molar-refractivity contribution >= 4 is 22.9 Å². The molecule has 0 spiro atoms. The molecule has 0 atom stereocenters. The summed E-state index contributed by atoms with van der Waals surface area (Å²) in [4.78, 5) is 16.5. The highest BCUT2D eigenvalue weighted by Gasteiger charge is 2.36. The predicted molar refractivity (Wildman–Crippen MR) is 124 cm³/mol. The van der Waals surface area contributed by atoms with E-state index in [4.69, 9.17) is 5.73 Å². The molecule has 0 unspecified atom stereocenters. The van der Waals surface area contributed by atoms with Crippen LogP contribution in [0.1, 0.15) is 21.5 Å². The number of carbonyl (C=O) groups excluding carboxylic acids is 1. The molecule has 3 heterocycles. The van der Waals surface area contributed by atoms with E-state index >= 15 is 0 Å². The lowest BCUT2D eigenvalue weighted by Gasteiger charge is -2.08. The van der Waals surface area contributed by atoms with Crippen LogP contribution < -0.4 is 11.1 Å². The van der Waals surface area contributed by atoms with Crippen LogP contribution in [-0.4, -0.2) is 30.3 Å². The van der Waals surface area contributed by atoms with Crippen molar-refractivity contribution in [2.24, 2.45) is 0 Å². The summed E-state index contributed by atoms with van der Waals surface area (Å²) >= 11 is 0. The molecule has 5 aromatic rings. The minimum Gasteiger partial charge on any atom is -0.382 e. The molecule has 0 aliphatic heterocycles. The third-order valence-electron chi connectivity index (χ3n) is 5.47. The Labute approximate surface area is 201 Å². The Hall–Kier alpha value is -4.74. The first-order valence-corrected chi connectivity index (χ1v) is 10.6. The number of nitrogens with one attached hydrogen (secondary N) is 1. The Morgan fingerprint density at radius 2 is 1.83 bits per heavy atom. The third kappa shape index (κ3) is 4.35. The van der Waals surface area contributed by atoms with E-state index in [1.807, 2.05) is 30.3 Å². The minimum atomic E-state index is -4.73. The SMILES string of the molecule is Nc1ncnn2c(-c3ccc(F)c(C(=O)Nc4cnn(Cc5ccccc5)c4)c3)cc(C(F)(F)F)c12. The molecule has 3 aromatic heterocycles. The van der Waals surface area contributed by atoms with Gasteiger partial charge in [-0.3, -0.25) is 9.48 Å². The summed E-state index contributed by atoms with van der Waals surface area (Å²) in [5.74, 6) is -2.00. The van der Waals surface area contributed by atoms with Gasteiger partial charge in [0.15, 0.2) is 5.82 Å². The molecule has 182 valence electrons. The largest absolute Gasteiger partial charge is 0.418 e. The highest BCUT2D eigenvalue weighted by atomic mass is 19.4. The first-order valence-electron chi connectivity index (χ1n) is 10.6. The molecule has 3 N–H and O–H groups in total. The molecule has 0 bridgehead atoms. The van der Waals surface area contributed by atoms with Gasteiger partial charge in [0.05, 0.1) is 35.2 Å². The van der Waals surface area contributed by atoms with Crippen LogP contribution in [0.5, 0.6) is 0 Å². The van der Waals surface area contributed by atoms with Crippen LogP contribution in [0.15, 0.2) is 73.3 Å². The van der Waals surface area contributed by atoms with Gasteiger partial charge in [-0.05, 0) is 29.8 Å². The number of nitrogens with zero attached hydrogens (tertiary/aromatic N) is 5. The minimum absolute atomic E-state index is 0.0313. The Morgan fingerprint density at radius 3 is 2.58 bits per heavy atom. The van der Waals surface area contributed by atoms with Gasteiger partial charge in [0.2, 0.25) is 0 Å². The zero-order valence-electron chi connectivity index (χ0n) is 18.4. The van der Waals surface area contributed by atoms with E-state index < -0.39 is 29.0 Å². The van der Waals surface area contributed by atoms with Crippen molar-refractivity contribution < 1.29 is 22.4 Å². The number of nitrogen functional groups attached to an aromatic ring is 1. The molecule has 8 nitrogen and oxygen atoms in total. The van der Waals surface area contributed by atoms with Crippen molar-refractivity contribution in [1.29, 1.82) is 0 Å². The second kappa shape index (κ2) is 8.80. The van der Waals surface area contributed by atoms with Crippen LogP contribution in [0.3, 0.4) is 0 Å². The van der Waals surface area contributed by atoms with Crippen LogP contribution in [-0.2, 0) is 12.7 Å². The van der Waals surface area contributed by atoms with Crippen molar-refractivity contribution in [2.75, 3.05) is 11.1 Å². The van der Waals surface area contributed by atoms with E-state index in [2.05, 4.69) is 20.5 Å². The maximum atomic E-state index is 14.6. The molecule has 0 saturated carbocycles. The summed E-state index contributed by atoms with van der Waals surface area (Å²) < 4.78 is 58.0. The number of hydrogen-bond acceptors (Lipinski definition) is 5. The number of halogens is 4. The Morgan fingerprint density at radius 1 is 1.06 bits per heavy atom. The van der Waals surface area contributed by atoms with Crippen molar-refractivity contribution in [1.82, 2.24) is 24.4 Å². The average Bonchev–Trinajstić information content (AvgIpc) is 3.45. The van der Waals surface area contributed by atoms with E-state index in [0.717, 1.165) is 34.6 Å². The number of hydrogen-bond donors (Lipinski definition) is 2. The second-order valence-corrected chi connectivity index (χ2v) is 7.91. The summed E-state index contributed by atoms with van der Waals surface area (Å²) in [6.07, 6.45) is -0.723. The van der Waals surface area contributed by atoms with Gasteiger partial charge in [0.25, 0.3) is 5.91 Å². The lowest BCUT2D eigenvalue weighted by Crippen LogP contribution is -2.13. The van der Waals surface area contributed by atoms with Crippen LogP contribution >= 0.6 is 0 Å². The Kier molecular flexibility index (Phi) is 5.63. The van der Waals surface area contributed by atoms with Crippen LogP contribution in [0.4, 0.5) is 29.1 Å². The number of aromatic nitrogens is 5. The third-order valence-corrected chi connectivity index (χ3v) is 5.47. The van der Waals surface area contributed by atoms with Crippen molar-refractivity contribution in [2.45, 2.75) is 12.7 Å². The van der Waals surface area contributed by atoms with Gasteiger partial charge >= 0.3 is 6.18 Å². The van der Waals surface area contributed by atoms with Crippen molar-refractivity contribution in [3.63, 3.8) is 0 Å². The molecule has 0 fully saturated rings. The average molecular weight is 495 g/mol. The van der Waals surface area contributed by atoms with Gasteiger partial charge in [-0.2, -0.15) is 23.4 Å². The number of fused-ring (bicyclic) bond motifs is 1. The summed E-state index contributed by atoms with van der Waals surface area (Å²) in [7, 11) is 0. The predicted octanol–water partition coefficient (Wildman–Crippen LogP) is 4.63. The maximum Gasteiger partial charge on any atom is 0.418 e. The Bertz CT molecular complexity index is 1570. The summed E-state index contributed by atoms with van der Waals surface area (Å²) in [5.41, 5.74) is 5.26. The van der Waals surface area contributed by atoms with Crippen LogP contribution in [0, 0.1) is 5.82 Å². The number of anilines is 2. The standard InChI is InChI=1S/C24H17F4N7O/c25-19-7-6-15(20-9-18(24(26,27)28)21-22(29)30-13-32-35(20)21)8-17(19)23(36)33-16-10-31-34(12-16)11-14-4-2-1-3-5-14/h1-10,12-13H,11H2,(H,33,36)(H2,29,30,32). The van der Waals surface area contributed by atoms with Gasteiger partial charge < -0.3 is 11.1 Å². The lowest BCUT2D eigenvalue weighted by atomic mass is 10.1. The summed E-state index contributed by atoms with van der Waals surface area (Å²) in [5, 5.41) is 10.6. The van der Waals surface area contributed by atoms with E-state index in [1.54, 1.807) is 10.9 Å². The number of amides is 1. The fourth-order valence-corrected chi connectivity index (χ4v) is 3.83. The van der Waals surface area contributed by atoms with Crippen molar-refractivity contribution in [3.8, 4) is 11.3 Å². The number of nitrogens with two attached hydrogens (primary N) is 1. The van der Waals surface area contributed by atoms with Gasteiger partial charge in [-0.25, -0.2) is 13.9 Å². The van der Waals surface area contributed by atoms with Crippen molar-refractivity contribution in [3.05, 3.63) is 95.8 Å². The van der Waals surface area contributed by atoms with Gasteiger partial charge in [-0.15, -0.1) is 0 Å². The fourth-order valence-electron chi connectivity index (χ4n) is 3.83. The summed E-state index contributed by atoms with van der Waals surface area (Å²) in [6.45, 7) is 0.467. The molecular formula is C24H17F4N7O. The smallest absolute Gasteiger partial charge is 0.382 e. The zero-order valence-corrected chi connectivity index (χ0v) is 18.4. The molecule has 5 rings (SSSR count). The first-order chi connectivity index (χ1) is 17.2. The number of alkyl halides is 3. The molecule has 0 saturated heterocycles. The van der Waals surface area contributed by atoms with Gasteiger partial charge in [0, 0.05) is 11.8 Å². The van der Waals surface area contributed by atoms with Crippen LogP contribution in [0.25, 0.3) is 16.8 Å². The quantitative estimate of drug-likeness (QED) is 0.346. The molecule has 2 aromatic carbocycles. The van der Waals surface area contributed by atoms with E-state index in [1.165, 1.54) is 12.3 Å². The molecule has 0 aliphatic carbocycles. The maximum absolute atomic E-state index is 14.6. The monoisotopic (exact) mass is 495 g/mol. The molecule has 0 radical (unpaired) electrons. The molecule has 12 heteroatoms. The first kappa shape index (κ1) is 23.0. The normalized spacial score (nSPS) is 11.7. The molecular weight excluding hydrogens is 478 g/mol. The van der Waals surface area contributed by atoms with Gasteiger partial charge in [0.1, 0.15) is 17.7 Å².